The maximum absolute atomic E-state index is 13.3. The number of rotatable bonds is 4. The summed E-state index contributed by atoms with van der Waals surface area (Å²) in [4.78, 5) is 23.5. The smallest absolute Gasteiger partial charge is 0.410 e. The molecule has 5 rings (SSSR count). The zero-order valence-electron chi connectivity index (χ0n) is 20.6. The summed E-state index contributed by atoms with van der Waals surface area (Å²) >= 11 is 0. The topological polar surface area (TPSA) is 120 Å². The lowest BCUT2D eigenvalue weighted by atomic mass is 10.2. The van der Waals surface area contributed by atoms with E-state index in [4.69, 9.17) is 4.74 Å². The molecule has 190 valence electrons. The number of nitrogens with zero attached hydrogens (tertiary/aromatic N) is 5. The van der Waals surface area contributed by atoms with Gasteiger partial charge >= 0.3 is 6.09 Å². The number of carbonyl (C=O) groups excluding carboxylic acids is 1. The number of aromatic nitrogens is 4. The summed E-state index contributed by atoms with van der Waals surface area (Å²) in [5.74, 6) is 0.439. The number of imidazole rings is 1. The van der Waals surface area contributed by atoms with E-state index in [1.165, 1.54) is 12.4 Å². The summed E-state index contributed by atoms with van der Waals surface area (Å²) in [6.45, 7) is 7.98. The molecule has 1 N–H and O–H groups in total. The molecule has 11 heteroatoms. The first-order valence-corrected chi connectivity index (χ1v) is 13.3. The zero-order chi connectivity index (χ0) is 25.8. The second-order valence-electron chi connectivity index (χ2n) is 10.0. The fourth-order valence-corrected chi connectivity index (χ4v) is 6.00. The first kappa shape index (κ1) is 24.3. The molecule has 0 aliphatic carbocycles. The molecule has 1 aromatic carbocycles. The van der Waals surface area contributed by atoms with Gasteiger partial charge in [-0.2, -0.15) is 0 Å². The van der Waals surface area contributed by atoms with Crippen LogP contribution in [-0.2, 0) is 14.8 Å². The Hall–Kier alpha value is -3.44. The van der Waals surface area contributed by atoms with Crippen molar-refractivity contribution in [2.75, 3.05) is 13.1 Å². The highest BCUT2D eigenvalue weighted by Gasteiger charge is 2.34. The monoisotopic (exact) mass is 511 g/mol. The number of hydrogen-bond acceptors (Lipinski definition) is 7. The highest BCUT2D eigenvalue weighted by atomic mass is 32.2. The van der Waals surface area contributed by atoms with Gasteiger partial charge in [0.2, 0.25) is 0 Å². The molecular weight excluding hydrogens is 482 g/mol. The van der Waals surface area contributed by atoms with Crippen LogP contribution in [0, 0.1) is 0 Å². The number of carbonyl (C=O) groups is 1. The van der Waals surface area contributed by atoms with Crippen molar-refractivity contribution >= 4 is 38.2 Å². The minimum absolute atomic E-state index is 0.159. The minimum atomic E-state index is -3.86. The van der Waals surface area contributed by atoms with Gasteiger partial charge in [-0.3, -0.25) is 0 Å². The normalized spacial score (nSPS) is 17.7. The van der Waals surface area contributed by atoms with Crippen LogP contribution >= 0.6 is 0 Å². The van der Waals surface area contributed by atoms with E-state index in [-0.39, 0.29) is 22.7 Å². The number of benzene rings is 1. The summed E-state index contributed by atoms with van der Waals surface area (Å²) < 4.78 is 35.3. The Kier molecular flexibility index (Phi) is 5.79. The van der Waals surface area contributed by atoms with Crippen molar-refractivity contribution < 1.29 is 23.1 Å². The Morgan fingerprint density at radius 2 is 1.92 bits per heavy atom. The van der Waals surface area contributed by atoms with Crippen LogP contribution in [0.5, 0.6) is 0 Å². The highest BCUT2D eigenvalue weighted by molar-refractivity contribution is 7.90. The molecule has 1 amide bonds. The second kappa shape index (κ2) is 8.59. The number of aliphatic hydroxyl groups is 1. The van der Waals surface area contributed by atoms with Gasteiger partial charge < -0.3 is 19.3 Å². The summed E-state index contributed by atoms with van der Waals surface area (Å²) in [6.07, 6.45) is 2.38. The largest absolute Gasteiger partial charge is 0.444 e. The number of likely N-dealkylation sites (tertiary alicyclic amines) is 1. The van der Waals surface area contributed by atoms with E-state index in [0.717, 1.165) is 3.97 Å². The Bertz CT molecular complexity index is 1550. The van der Waals surface area contributed by atoms with Gasteiger partial charge in [-0.1, -0.05) is 18.2 Å². The summed E-state index contributed by atoms with van der Waals surface area (Å²) in [7, 11) is -3.86. The lowest BCUT2D eigenvalue weighted by Crippen LogP contribution is -2.35. The van der Waals surface area contributed by atoms with Gasteiger partial charge in [0.15, 0.2) is 5.65 Å². The van der Waals surface area contributed by atoms with Crippen molar-refractivity contribution in [3.63, 3.8) is 0 Å². The number of amides is 1. The standard InChI is InChI=1S/C25H29N5O5S/c1-16(31)22-27-20-14-26-23-19(11-13-29(23)36(33,34)18-8-6-5-7-9-18)21(20)30(22)17-10-12-28(15-17)24(32)35-25(2,3)4/h5-9,11,13-14,16-17,31H,10,12,15H2,1-4H3/t16-,17?/m1/s1. The van der Waals surface area contributed by atoms with E-state index in [1.807, 2.05) is 25.3 Å². The van der Waals surface area contributed by atoms with Crippen LogP contribution < -0.4 is 0 Å². The SMILES string of the molecule is C[C@@H](O)c1nc2cnc3c(ccn3S(=O)(=O)c3ccccc3)c2n1C1CCN(C(=O)OC(C)(C)C)C1. The van der Waals surface area contributed by atoms with Gasteiger partial charge in [0.1, 0.15) is 23.0 Å². The molecule has 0 saturated carbocycles. The molecule has 0 spiro atoms. The molecule has 0 radical (unpaired) electrons. The van der Waals surface area contributed by atoms with E-state index in [1.54, 1.807) is 48.2 Å². The van der Waals surface area contributed by atoms with Crippen LogP contribution in [-0.4, -0.2) is 61.7 Å². The average molecular weight is 512 g/mol. The van der Waals surface area contributed by atoms with Crippen molar-refractivity contribution in [1.29, 1.82) is 0 Å². The Balaban J connectivity index is 1.62. The highest BCUT2D eigenvalue weighted by Crippen LogP contribution is 2.35. The van der Waals surface area contributed by atoms with Gasteiger partial charge in [-0.25, -0.2) is 27.2 Å². The lowest BCUT2D eigenvalue weighted by Gasteiger charge is -2.25. The maximum atomic E-state index is 13.3. The van der Waals surface area contributed by atoms with Gasteiger partial charge in [0, 0.05) is 24.7 Å². The third-order valence-corrected chi connectivity index (χ3v) is 7.89. The molecule has 4 aromatic rings. The molecule has 10 nitrogen and oxygen atoms in total. The van der Waals surface area contributed by atoms with Gasteiger partial charge in [-0.05, 0) is 52.3 Å². The maximum Gasteiger partial charge on any atom is 0.410 e. The molecular formula is C25H29N5O5S. The van der Waals surface area contributed by atoms with Crippen LogP contribution in [0.3, 0.4) is 0 Å². The lowest BCUT2D eigenvalue weighted by molar-refractivity contribution is 0.0289. The molecule has 1 fully saturated rings. The van der Waals surface area contributed by atoms with Crippen molar-refractivity contribution in [3.8, 4) is 0 Å². The van der Waals surface area contributed by atoms with E-state index in [9.17, 15) is 18.3 Å². The number of hydrogen-bond donors (Lipinski definition) is 1. The molecule has 1 aliphatic heterocycles. The fraction of sp³-hybridized carbons (Fsp3) is 0.400. The van der Waals surface area contributed by atoms with Crippen LogP contribution in [0.2, 0.25) is 0 Å². The fourth-order valence-electron chi connectivity index (χ4n) is 4.67. The summed E-state index contributed by atoms with van der Waals surface area (Å²) in [5, 5.41) is 11.1. The van der Waals surface area contributed by atoms with E-state index < -0.39 is 21.7 Å². The van der Waals surface area contributed by atoms with E-state index >= 15 is 0 Å². The second-order valence-corrected chi connectivity index (χ2v) is 11.9. The van der Waals surface area contributed by atoms with Crippen LogP contribution in [0.4, 0.5) is 4.79 Å². The predicted octanol–water partition coefficient (Wildman–Crippen LogP) is 3.86. The van der Waals surface area contributed by atoms with Crippen molar-refractivity contribution in [1.82, 2.24) is 23.4 Å². The minimum Gasteiger partial charge on any atom is -0.444 e. The third-order valence-electron chi connectivity index (χ3n) is 6.21. The number of fused-ring (bicyclic) bond motifs is 3. The molecule has 3 aromatic heterocycles. The number of aliphatic hydroxyl groups excluding tert-OH is 1. The third kappa shape index (κ3) is 4.11. The van der Waals surface area contributed by atoms with Gasteiger partial charge in [-0.15, -0.1) is 0 Å². The predicted molar refractivity (Wildman–Crippen MR) is 134 cm³/mol. The van der Waals surface area contributed by atoms with Gasteiger partial charge in [0.25, 0.3) is 10.0 Å². The first-order valence-electron chi connectivity index (χ1n) is 11.8. The zero-order valence-corrected chi connectivity index (χ0v) is 21.4. The Morgan fingerprint density at radius 1 is 1.19 bits per heavy atom. The molecule has 36 heavy (non-hydrogen) atoms. The van der Waals surface area contributed by atoms with Crippen molar-refractivity contribution in [3.05, 3.63) is 54.6 Å². The Morgan fingerprint density at radius 3 is 2.58 bits per heavy atom. The van der Waals surface area contributed by atoms with Crippen molar-refractivity contribution in [2.45, 2.75) is 56.8 Å². The van der Waals surface area contributed by atoms with Crippen LogP contribution in [0.25, 0.3) is 22.1 Å². The van der Waals surface area contributed by atoms with E-state index in [0.29, 0.717) is 41.8 Å². The first-order chi connectivity index (χ1) is 17.0. The molecule has 1 aliphatic rings. The quantitative estimate of drug-likeness (QED) is 0.442. The van der Waals surface area contributed by atoms with Crippen LogP contribution in [0.1, 0.15) is 52.1 Å². The Labute approximate surface area is 209 Å². The molecule has 1 unspecified atom stereocenters. The molecule has 0 bridgehead atoms. The number of ether oxygens (including phenoxy) is 1. The molecule has 4 heterocycles. The molecule has 1 saturated heterocycles. The summed E-state index contributed by atoms with van der Waals surface area (Å²) in [5.41, 5.74) is 0.886. The van der Waals surface area contributed by atoms with Gasteiger partial charge in [0.05, 0.1) is 22.7 Å². The summed E-state index contributed by atoms with van der Waals surface area (Å²) in [6, 6.07) is 9.71. The average Bonchev–Trinajstić information content (AvgIpc) is 3.54. The molecule has 2 atom stereocenters. The van der Waals surface area contributed by atoms with Crippen molar-refractivity contribution in [2.24, 2.45) is 0 Å². The van der Waals surface area contributed by atoms with Crippen LogP contribution in [0.15, 0.2) is 53.7 Å². The van der Waals surface area contributed by atoms with E-state index in [2.05, 4.69) is 9.97 Å². The number of pyridine rings is 1.